The number of carbonyl (C=O) groups excluding carboxylic acids is 1. The van der Waals surface area contributed by atoms with Gasteiger partial charge in [0.25, 0.3) is 0 Å². The highest BCUT2D eigenvalue weighted by Crippen LogP contribution is 2.19. The Morgan fingerprint density at radius 3 is 2.91 bits per heavy atom. The van der Waals surface area contributed by atoms with Crippen molar-refractivity contribution in [2.24, 2.45) is 5.92 Å². The topological polar surface area (TPSA) is 63.1 Å². The molecular weight excluding hydrogens is 298 g/mol. The number of thiazole rings is 1. The first-order valence-corrected chi connectivity index (χ1v) is 8.47. The highest BCUT2D eigenvalue weighted by atomic mass is 32.1. The molecule has 0 atom stereocenters. The molecular formula is C15H21N5OS. The molecule has 0 radical (unpaired) electrons. The maximum Gasteiger partial charge on any atom is 0.240 e. The number of imidazole rings is 1. The molecule has 0 spiro atoms. The molecule has 1 N–H and O–H groups in total. The van der Waals surface area contributed by atoms with Gasteiger partial charge < -0.3 is 9.88 Å². The van der Waals surface area contributed by atoms with Crippen molar-refractivity contribution in [3.05, 3.63) is 29.8 Å². The van der Waals surface area contributed by atoms with E-state index in [4.69, 9.17) is 0 Å². The van der Waals surface area contributed by atoms with Crippen molar-refractivity contribution in [2.45, 2.75) is 26.3 Å². The molecule has 118 valence electrons. The summed E-state index contributed by atoms with van der Waals surface area (Å²) in [6.07, 6.45) is 7.95. The molecule has 2 aromatic rings. The summed E-state index contributed by atoms with van der Waals surface area (Å²) in [5.41, 5.74) is 0.945. The van der Waals surface area contributed by atoms with Gasteiger partial charge in [0.1, 0.15) is 0 Å². The highest BCUT2D eigenvalue weighted by Gasteiger charge is 2.21. The summed E-state index contributed by atoms with van der Waals surface area (Å²) in [6, 6.07) is 0. The number of piperidine rings is 1. The van der Waals surface area contributed by atoms with E-state index in [1.54, 1.807) is 0 Å². The van der Waals surface area contributed by atoms with Gasteiger partial charge in [0, 0.05) is 24.3 Å². The molecule has 0 aromatic carbocycles. The first kappa shape index (κ1) is 15.2. The molecule has 1 fully saturated rings. The summed E-state index contributed by atoms with van der Waals surface area (Å²) in [5, 5.41) is 5.51. The van der Waals surface area contributed by atoms with Crippen LogP contribution in [0.3, 0.4) is 0 Å². The fourth-order valence-electron chi connectivity index (χ4n) is 2.79. The van der Waals surface area contributed by atoms with Crippen molar-refractivity contribution < 1.29 is 4.79 Å². The molecule has 0 unspecified atom stereocenters. The zero-order valence-corrected chi connectivity index (χ0v) is 13.6. The van der Waals surface area contributed by atoms with E-state index < -0.39 is 0 Å². The summed E-state index contributed by atoms with van der Waals surface area (Å²) < 4.78 is 2.14. The molecule has 22 heavy (non-hydrogen) atoms. The van der Waals surface area contributed by atoms with E-state index in [-0.39, 0.29) is 5.91 Å². The number of hydrogen-bond donors (Lipinski definition) is 1. The van der Waals surface area contributed by atoms with Gasteiger partial charge in [-0.1, -0.05) is 0 Å². The van der Waals surface area contributed by atoms with Crippen molar-refractivity contribution in [3.8, 4) is 0 Å². The van der Waals surface area contributed by atoms with Gasteiger partial charge in [-0.2, -0.15) is 0 Å². The third kappa shape index (κ3) is 4.14. The van der Waals surface area contributed by atoms with Gasteiger partial charge in [-0.3, -0.25) is 9.69 Å². The van der Waals surface area contributed by atoms with E-state index in [1.165, 1.54) is 11.3 Å². The molecule has 6 nitrogen and oxygen atoms in total. The van der Waals surface area contributed by atoms with Crippen molar-refractivity contribution >= 4 is 22.4 Å². The van der Waals surface area contributed by atoms with Crippen molar-refractivity contribution in [2.75, 3.05) is 25.0 Å². The SMILES string of the molecule is Cc1csc(NC(=O)CN2CCC(Cn3ccnc3)CC2)n1. The second-order valence-corrected chi connectivity index (χ2v) is 6.68. The lowest BCUT2D eigenvalue weighted by Gasteiger charge is -2.31. The van der Waals surface area contributed by atoms with Crippen LogP contribution in [0, 0.1) is 12.8 Å². The predicted molar refractivity (Wildman–Crippen MR) is 86.9 cm³/mol. The number of nitrogens with zero attached hydrogens (tertiary/aromatic N) is 4. The van der Waals surface area contributed by atoms with Crippen LogP contribution in [0.15, 0.2) is 24.1 Å². The van der Waals surface area contributed by atoms with Crippen LogP contribution in [0.4, 0.5) is 5.13 Å². The van der Waals surface area contributed by atoms with Crippen LogP contribution >= 0.6 is 11.3 Å². The normalized spacial score (nSPS) is 16.8. The molecule has 3 rings (SSSR count). The monoisotopic (exact) mass is 319 g/mol. The Balaban J connectivity index is 1.40. The Morgan fingerprint density at radius 1 is 1.45 bits per heavy atom. The Hall–Kier alpha value is -1.73. The minimum Gasteiger partial charge on any atom is -0.337 e. The minimum atomic E-state index is 0.0300. The minimum absolute atomic E-state index is 0.0300. The van der Waals surface area contributed by atoms with Crippen LogP contribution in [0.1, 0.15) is 18.5 Å². The van der Waals surface area contributed by atoms with E-state index in [2.05, 4.69) is 24.8 Å². The molecule has 1 aliphatic heterocycles. The number of aryl methyl sites for hydroxylation is 1. The number of likely N-dealkylation sites (tertiary alicyclic amines) is 1. The van der Waals surface area contributed by atoms with Crippen molar-refractivity contribution in [1.29, 1.82) is 0 Å². The van der Waals surface area contributed by atoms with E-state index in [1.807, 2.05) is 31.0 Å². The lowest BCUT2D eigenvalue weighted by Crippen LogP contribution is -2.39. The van der Waals surface area contributed by atoms with Crippen LogP contribution in [0.2, 0.25) is 0 Å². The number of hydrogen-bond acceptors (Lipinski definition) is 5. The van der Waals surface area contributed by atoms with Crippen LogP contribution in [0.25, 0.3) is 0 Å². The third-order valence-electron chi connectivity index (χ3n) is 3.97. The Morgan fingerprint density at radius 2 is 2.27 bits per heavy atom. The van der Waals surface area contributed by atoms with Crippen LogP contribution < -0.4 is 5.32 Å². The van der Waals surface area contributed by atoms with Gasteiger partial charge in [-0.15, -0.1) is 11.3 Å². The number of rotatable bonds is 5. The van der Waals surface area contributed by atoms with Gasteiger partial charge in [-0.25, -0.2) is 9.97 Å². The molecule has 0 bridgehead atoms. The van der Waals surface area contributed by atoms with Gasteiger partial charge in [0.15, 0.2) is 5.13 Å². The van der Waals surface area contributed by atoms with Crippen LogP contribution in [0.5, 0.6) is 0 Å². The maximum atomic E-state index is 12.0. The van der Waals surface area contributed by atoms with Crippen molar-refractivity contribution in [1.82, 2.24) is 19.4 Å². The molecule has 1 saturated heterocycles. The third-order valence-corrected chi connectivity index (χ3v) is 4.84. The number of amides is 1. The molecule has 0 saturated carbocycles. The average Bonchev–Trinajstić information content (AvgIpc) is 3.13. The molecule has 0 aliphatic carbocycles. The zero-order valence-electron chi connectivity index (χ0n) is 12.7. The predicted octanol–water partition coefficient (Wildman–Crippen LogP) is 2.00. The first-order chi connectivity index (χ1) is 10.7. The largest absolute Gasteiger partial charge is 0.337 e. The summed E-state index contributed by atoms with van der Waals surface area (Å²) in [4.78, 5) is 22.6. The van der Waals surface area contributed by atoms with Crippen LogP contribution in [-0.2, 0) is 11.3 Å². The summed E-state index contributed by atoms with van der Waals surface area (Å²) in [5.74, 6) is 0.706. The van der Waals surface area contributed by atoms with Crippen LogP contribution in [-0.4, -0.2) is 45.0 Å². The first-order valence-electron chi connectivity index (χ1n) is 7.59. The molecule has 1 aliphatic rings. The van der Waals surface area contributed by atoms with Crippen molar-refractivity contribution in [3.63, 3.8) is 0 Å². The lowest BCUT2D eigenvalue weighted by atomic mass is 9.97. The van der Waals surface area contributed by atoms with Gasteiger partial charge in [0.2, 0.25) is 5.91 Å². The Kier molecular flexibility index (Phi) is 4.84. The second kappa shape index (κ2) is 7.02. The second-order valence-electron chi connectivity index (χ2n) is 5.82. The summed E-state index contributed by atoms with van der Waals surface area (Å²) in [6.45, 7) is 5.36. The number of anilines is 1. The number of aromatic nitrogens is 3. The Bertz CT molecular complexity index is 601. The summed E-state index contributed by atoms with van der Waals surface area (Å²) in [7, 11) is 0. The smallest absolute Gasteiger partial charge is 0.240 e. The lowest BCUT2D eigenvalue weighted by molar-refractivity contribution is -0.117. The van der Waals surface area contributed by atoms with E-state index in [0.29, 0.717) is 17.6 Å². The number of nitrogens with one attached hydrogen (secondary N) is 1. The highest BCUT2D eigenvalue weighted by molar-refractivity contribution is 7.13. The number of carbonyl (C=O) groups is 1. The van der Waals surface area contributed by atoms with Gasteiger partial charge in [0.05, 0.1) is 18.6 Å². The molecule has 1 amide bonds. The summed E-state index contributed by atoms with van der Waals surface area (Å²) >= 11 is 1.47. The fourth-order valence-corrected chi connectivity index (χ4v) is 3.50. The quantitative estimate of drug-likeness (QED) is 0.915. The maximum absolute atomic E-state index is 12.0. The molecule has 2 aromatic heterocycles. The molecule has 7 heteroatoms. The Labute approximate surface area is 134 Å². The van der Waals surface area contributed by atoms with E-state index in [9.17, 15) is 4.79 Å². The molecule has 3 heterocycles. The fraction of sp³-hybridized carbons (Fsp3) is 0.533. The zero-order chi connectivity index (χ0) is 15.4. The van der Waals surface area contributed by atoms with E-state index >= 15 is 0 Å². The standard InChI is InChI=1S/C15H21N5OS/c1-12-10-22-15(17-12)18-14(21)9-19-5-2-13(3-6-19)8-20-7-4-16-11-20/h4,7,10-11,13H,2-3,5-6,8-9H2,1H3,(H,17,18,21). The van der Waals surface area contributed by atoms with Gasteiger partial charge >= 0.3 is 0 Å². The average molecular weight is 319 g/mol. The van der Waals surface area contributed by atoms with Gasteiger partial charge in [-0.05, 0) is 38.8 Å². The van der Waals surface area contributed by atoms with E-state index in [0.717, 1.165) is 38.2 Å².